The summed E-state index contributed by atoms with van der Waals surface area (Å²) in [6, 6.07) is 6.87. The Morgan fingerprint density at radius 2 is 1.96 bits per heavy atom. The van der Waals surface area contributed by atoms with Crippen LogP contribution in [0.5, 0.6) is 0 Å². The molecule has 2 heterocycles. The Hall–Kier alpha value is -1.86. The van der Waals surface area contributed by atoms with Gasteiger partial charge in [0.2, 0.25) is 0 Å². The van der Waals surface area contributed by atoms with Crippen molar-refractivity contribution in [2.75, 3.05) is 6.54 Å². The molecule has 3 rings (SSSR count). The topological polar surface area (TPSA) is 57.8 Å². The zero-order valence-electron chi connectivity index (χ0n) is 13.3. The highest BCUT2D eigenvalue weighted by Crippen LogP contribution is 2.30. The maximum Gasteiger partial charge on any atom is 0.389 e. The molecule has 1 aliphatic heterocycles. The second-order valence-electron chi connectivity index (χ2n) is 6.12. The van der Waals surface area contributed by atoms with E-state index < -0.39 is 12.6 Å². The number of nitrogens with one attached hydrogen (secondary N) is 2. The van der Waals surface area contributed by atoms with Crippen molar-refractivity contribution in [3.05, 3.63) is 50.9 Å². The number of hydrogen-bond acceptors (Lipinski definition) is 3. The Morgan fingerprint density at radius 1 is 1.24 bits per heavy atom. The number of aromatic amines is 1. The minimum atomic E-state index is -4.17. The molecule has 8 heteroatoms. The Balaban J connectivity index is 1.89. The predicted molar refractivity (Wildman–Crippen MR) is 89.7 cm³/mol. The van der Waals surface area contributed by atoms with E-state index in [-0.39, 0.29) is 17.9 Å². The SMILES string of the molecule is O=c1[nH]c(-c2ccc(Cl)cc2)nc2c1CNCC2CCCC(F)(F)F. The first-order valence-electron chi connectivity index (χ1n) is 8.00. The van der Waals surface area contributed by atoms with Crippen molar-refractivity contribution in [3.63, 3.8) is 0 Å². The summed E-state index contributed by atoms with van der Waals surface area (Å²) in [5.74, 6) is 0.197. The molecule has 2 aromatic rings. The number of alkyl halides is 3. The third-order valence-corrected chi connectivity index (χ3v) is 4.51. The number of halogens is 4. The number of fused-ring (bicyclic) bond motifs is 1. The molecule has 1 aliphatic rings. The lowest BCUT2D eigenvalue weighted by Gasteiger charge is -2.25. The molecule has 25 heavy (non-hydrogen) atoms. The van der Waals surface area contributed by atoms with E-state index in [4.69, 9.17) is 11.6 Å². The van der Waals surface area contributed by atoms with Crippen molar-refractivity contribution in [1.82, 2.24) is 15.3 Å². The average Bonchev–Trinajstić information content (AvgIpc) is 2.55. The highest BCUT2D eigenvalue weighted by molar-refractivity contribution is 6.30. The summed E-state index contributed by atoms with van der Waals surface area (Å²) >= 11 is 5.87. The quantitative estimate of drug-likeness (QED) is 0.853. The van der Waals surface area contributed by atoms with Gasteiger partial charge in [0.25, 0.3) is 5.56 Å². The fourth-order valence-electron chi connectivity index (χ4n) is 3.02. The van der Waals surface area contributed by atoms with E-state index >= 15 is 0 Å². The molecule has 0 radical (unpaired) electrons. The average molecular weight is 372 g/mol. The summed E-state index contributed by atoms with van der Waals surface area (Å²) < 4.78 is 37.2. The monoisotopic (exact) mass is 371 g/mol. The summed E-state index contributed by atoms with van der Waals surface area (Å²) in [6.07, 6.45) is -4.65. The lowest BCUT2D eigenvalue weighted by molar-refractivity contribution is -0.135. The number of aromatic nitrogens is 2. The van der Waals surface area contributed by atoms with Gasteiger partial charge in [0.15, 0.2) is 0 Å². The molecule has 134 valence electrons. The standard InChI is InChI=1S/C17H17ClF3N3O/c18-12-5-3-10(4-6-12)15-23-14-11(2-1-7-17(19,20)21)8-22-9-13(14)16(25)24-15/h3-6,11,22H,1-2,7-9H2,(H,23,24,25). The molecule has 0 bridgehead atoms. The van der Waals surface area contributed by atoms with Crippen LogP contribution in [0.4, 0.5) is 13.2 Å². The van der Waals surface area contributed by atoms with Crippen LogP contribution in [0.15, 0.2) is 29.1 Å². The van der Waals surface area contributed by atoms with Gasteiger partial charge in [-0.1, -0.05) is 11.6 Å². The lowest BCUT2D eigenvalue weighted by Crippen LogP contribution is -2.35. The van der Waals surface area contributed by atoms with E-state index in [1.807, 2.05) is 0 Å². The number of benzene rings is 1. The largest absolute Gasteiger partial charge is 0.389 e. The summed E-state index contributed by atoms with van der Waals surface area (Å²) in [5, 5.41) is 3.66. The molecule has 0 fully saturated rings. The van der Waals surface area contributed by atoms with Gasteiger partial charge in [0, 0.05) is 36.0 Å². The van der Waals surface area contributed by atoms with Gasteiger partial charge in [0.05, 0.1) is 11.3 Å². The number of H-pyrrole nitrogens is 1. The minimum Gasteiger partial charge on any atom is -0.312 e. The van der Waals surface area contributed by atoms with E-state index in [1.54, 1.807) is 24.3 Å². The van der Waals surface area contributed by atoms with Crippen LogP contribution >= 0.6 is 11.6 Å². The van der Waals surface area contributed by atoms with Crippen molar-refractivity contribution in [1.29, 1.82) is 0 Å². The van der Waals surface area contributed by atoms with Crippen molar-refractivity contribution in [2.24, 2.45) is 0 Å². The van der Waals surface area contributed by atoms with E-state index in [0.717, 1.165) is 0 Å². The fourth-order valence-corrected chi connectivity index (χ4v) is 3.15. The zero-order chi connectivity index (χ0) is 18.0. The maximum atomic E-state index is 12.4. The third-order valence-electron chi connectivity index (χ3n) is 4.26. The lowest BCUT2D eigenvalue weighted by atomic mass is 9.92. The van der Waals surface area contributed by atoms with E-state index in [2.05, 4.69) is 15.3 Å². The number of nitrogens with zero attached hydrogens (tertiary/aromatic N) is 1. The molecular formula is C17H17ClF3N3O. The molecule has 1 aromatic heterocycles. The second kappa shape index (κ2) is 7.17. The van der Waals surface area contributed by atoms with Crippen molar-refractivity contribution < 1.29 is 13.2 Å². The molecule has 0 saturated carbocycles. The minimum absolute atomic E-state index is 0.0139. The van der Waals surface area contributed by atoms with Crippen molar-refractivity contribution in [3.8, 4) is 11.4 Å². The van der Waals surface area contributed by atoms with Crippen LogP contribution in [0.2, 0.25) is 5.02 Å². The Bertz CT molecular complexity index is 802. The molecule has 4 nitrogen and oxygen atoms in total. The summed E-state index contributed by atoms with van der Waals surface area (Å²) in [5.41, 5.74) is 1.54. The molecule has 0 saturated heterocycles. The van der Waals surface area contributed by atoms with Crippen LogP contribution in [0.3, 0.4) is 0 Å². The van der Waals surface area contributed by atoms with Gasteiger partial charge in [-0.05, 0) is 37.1 Å². The van der Waals surface area contributed by atoms with Crippen LogP contribution < -0.4 is 10.9 Å². The zero-order valence-corrected chi connectivity index (χ0v) is 14.0. The van der Waals surface area contributed by atoms with Crippen LogP contribution in [0, 0.1) is 0 Å². The first kappa shape index (κ1) is 17.9. The van der Waals surface area contributed by atoms with Crippen LogP contribution in [-0.4, -0.2) is 22.7 Å². The molecule has 0 amide bonds. The highest BCUT2D eigenvalue weighted by atomic mass is 35.5. The summed E-state index contributed by atoms with van der Waals surface area (Å²) in [7, 11) is 0. The van der Waals surface area contributed by atoms with Gasteiger partial charge in [-0.15, -0.1) is 0 Å². The van der Waals surface area contributed by atoms with Gasteiger partial charge in [-0.3, -0.25) is 4.79 Å². The van der Waals surface area contributed by atoms with E-state index in [9.17, 15) is 18.0 Å². The van der Waals surface area contributed by atoms with Gasteiger partial charge >= 0.3 is 6.18 Å². The van der Waals surface area contributed by atoms with Gasteiger partial charge in [-0.2, -0.15) is 13.2 Å². The molecule has 0 spiro atoms. The van der Waals surface area contributed by atoms with Crippen molar-refractivity contribution in [2.45, 2.75) is 37.9 Å². The Morgan fingerprint density at radius 3 is 2.64 bits per heavy atom. The number of hydrogen-bond donors (Lipinski definition) is 2. The smallest absolute Gasteiger partial charge is 0.312 e. The second-order valence-corrected chi connectivity index (χ2v) is 6.56. The van der Waals surface area contributed by atoms with E-state index in [0.29, 0.717) is 47.2 Å². The first-order valence-corrected chi connectivity index (χ1v) is 8.38. The van der Waals surface area contributed by atoms with Gasteiger partial charge < -0.3 is 10.3 Å². The summed E-state index contributed by atoms with van der Waals surface area (Å²) in [4.78, 5) is 19.7. The Kier molecular flexibility index (Phi) is 5.15. The molecule has 2 N–H and O–H groups in total. The molecule has 0 aliphatic carbocycles. The number of rotatable bonds is 4. The van der Waals surface area contributed by atoms with Crippen LogP contribution in [0.1, 0.15) is 36.4 Å². The molecule has 1 unspecified atom stereocenters. The van der Waals surface area contributed by atoms with E-state index in [1.165, 1.54) is 0 Å². The third kappa shape index (κ3) is 4.41. The van der Waals surface area contributed by atoms with Crippen LogP contribution in [0.25, 0.3) is 11.4 Å². The molecule has 1 aromatic carbocycles. The highest BCUT2D eigenvalue weighted by Gasteiger charge is 2.29. The fraction of sp³-hybridized carbons (Fsp3) is 0.412. The van der Waals surface area contributed by atoms with Crippen molar-refractivity contribution >= 4 is 11.6 Å². The normalized spacial score (nSPS) is 17.4. The van der Waals surface area contributed by atoms with Gasteiger partial charge in [0.1, 0.15) is 5.82 Å². The van der Waals surface area contributed by atoms with Gasteiger partial charge in [-0.25, -0.2) is 4.98 Å². The predicted octanol–water partition coefficient (Wildman–Crippen LogP) is 4.01. The Labute approximate surface area is 147 Å². The summed E-state index contributed by atoms with van der Waals surface area (Å²) in [6.45, 7) is 0.885. The van der Waals surface area contributed by atoms with Crippen LogP contribution in [-0.2, 0) is 6.54 Å². The molecular weight excluding hydrogens is 355 g/mol. The first-order chi connectivity index (χ1) is 11.8. The maximum absolute atomic E-state index is 12.4. The molecule has 1 atom stereocenters.